The van der Waals surface area contributed by atoms with Crippen LogP contribution >= 0.6 is 0 Å². The number of rotatable bonds is 5. The Balaban J connectivity index is 1.83. The molecule has 0 radical (unpaired) electrons. The minimum Gasteiger partial charge on any atom is -0.497 e. The van der Waals surface area contributed by atoms with Crippen LogP contribution in [0.4, 0.5) is 5.69 Å². The van der Waals surface area contributed by atoms with Crippen molar-refractivity contribution in [3.63, 3.8) is 0 Å². The third kappa shape index (κ3) is 5.49. The van der Waals surface area contributed by atoms with Crippen LogP contribution in [0, 0.1) is 0 Å². The van der Waals surface area contributed by atoms with Crippen molar-refractivity contribution in [2.75, 3.05) is 43.9 Å². The maximum atomic E-state index is 12.3. The predicted molar refractivity (Wildman–Crippen MR) is 95.6 cm³/mol. The van der Waals surface area contributed by atoms with Gasteiger partial charge in [0, 0.05) is 31.9 Å². The van der Waals surface area contributed by atoms with Gasteiger partial charge in [-0.2, -0.15) is 0 Å². The van der Waals surface area contributed by atoms with Gasteiger partial charge in [0.2, 0.25) is 0 Å². The van der Waals surface area contributed by atoms with Crippen LogP contribution in [0.5, 0.6) is 5.75 Å². The van der Waals surface area contributed by atoms with Gasteiger partial charge in [-0.1, -0.05) is 0 Å². The molecule has 6 nitrogen and oxygen atoms in total. The minimum absolute atomic E-state index is 0.0835. The Morgan fingerprint density at radius 2 is 1.71 bits per heavy atom. The fourth-order valence-electron chi connectivity index (χ4n) is 2.51. The van der Waals surface area contributed by atoms with Crippen molar-refractivity contribution < 1.29 is 18.5 Å². The Kier molecular flexibility index (Phi) is 6.23. The summed E-state index contributed by atoms with van der Waals surface area (Å²) in [4.78, 5) is 14.0. The first-order chi connectivity index (χ1) is 11.3. The quantitative estimate of drug-likeness (QED) is 0.755. The van der Waals surface area contributed by atoms with Crippen LogP contribution in [-0.2, 0) is 20.5 Å². The van der Waals surface area contributed by atoms with Crippen molar-refractivity contribution in [1.29, 1.82) is 0 Å². The van der Waals surface area contributed by atoms with Gasteiger partial charge >= 0.3 is 5.97 Å². The van der Waals surface area contributed by atoms with Gasteiger partial charge in [-0.15, -0.1) is 0 Å². The molecular weight excluding hydrogens is 328 g/mol. The van der Waals surface area contributed by atoms with Crippen LogP contribution in [0.3, 0.4) is 0 Å². The van der Waals surface area contributed by atoms with E-state index in [4.69, 9.17) is 9.47 Å². The smallest absolute Gasteiger partial charge is 0.320 e. The highest BCUT2D eigenvalue weighted by atomic mass is 32.2. The first kappa shape index (κ1) is 18.7. The molecule has 0 aromatic heterocycles. The Hall–Kier alpha value is -1.60. The molecule has 1 aromatic carbocycles. The molecule has 1 aliphatic rings. The lowest BCUT2D eigenvalue weighted by Crippen LogP contribution is -2.48. The number of anilines is 1. The van der Waals surface area contributed by atoms with E-state index in [9.17, 15) is 9.00 Å². The van der Waals surface area contributed by atoms with Crippen molar-refractivity contribution in [2.24, 2.45) is 0 Å². The molecule has 0 bridgehead atoms. The van der Waals surface area contributed by atoms with Crippen molar-refractivity contribution in [1.82, 2.24) is 4.31 Å². The number of nitrogens with zero attached hydrogens (tertiary/aromatic N) is 2. The van der Waals surface area contributed by atoms with Crippen LogP contribution in [0.15, 0.2) is 24.3 Å². The number of hydrogen-bond donors (Lipinski definition) is 0. The van der Waals surface area contributed by atoms with E-state index in [1.54, 1.807) is 27.9 Å². The summed E-state index contributed by atoms with van der Waals surface area (Å²) in [6.45, 7) is 8.27. The van der Waals surface area contributed by atoms with Gasteiger partial charge in [0.15, 0.2) is 0 Å². The molecule has 0 spiro atoms. The monoisotopic (exact) mass is 354 g/mol. The van der Waals surface area contributed by atoms with Gasteiger partial charge in [0.05, 0.1) is 7.11 Å². The fraction of sp³-hybridized carbons (Fsp3) is 0.588. The number of hydrogen-bond acceptors (Lipinski definition) is 5. The zero-order chi connectivity index (χ0) is 17.7. The SMILES string of the molecule is COc1ccc(N2CCN(S(=O)CC(=O)OC(C)(C)C)CC2)cc1. The molecule has 1 aromatic rings. The van der Waals surface area contributed by atoms with E-state index in [2.05, 4.69) is 4.90 Å². The first-order valence-corrected chi connectivity index (χ1v) is 9.30. The first-order valence-electron chi connectivity index (χ1n) is 8.03. The van der Waals surface area contributed by atoms with Gasteiger partial charge in [0.25, 0.3) is 0 Å². The summed E-state index contributed by atoms with van der Waals surface area (Å²) in [7, 11) is 0.311. The average molecular weight is 354 g/mol. The number of methoxy groups -OCH3 is 1. The van der Waals surface area contributed by atoms with E-state index in [1.807, 2.05) is 28.6 Å². The molecule has 1 saturated heterocycles. The molecule has 0 N–H and O–H groups in total. The van der Waals surface area contributed by atoms with Crippen LogP contribution in [0.25, 0.3) is 0 Å². The van der Waals surface area contributed by atoms with Gasteiger partial charge in [0.1, 0.15) is 28.1 Å². The lowest BCUT2D eigenvalue weighted by molar-refractivity contribution is -0.151. The predicted octanol–water partition coefficient (Wildman–Crippen LogP) is 1.82. The topological polar surface area (TPSA) is 59.1 Å². The Morgan fingerprint density at radius 3 is 2.21 bits per heavy atom. The second kappa shape index (κ2) is 7.98. The molecule has 1 aliphatic heterocycles. The largest absolute Gasteiger partial charge is 0.497 e. The fourth-order valence-corrected chi connectivity index (χ4v) is 3.52. The third-order valence-electron chi connectivity index (χ3n) is 3.63. The van der Waals surface area contributed by atoms with Crippen LogP contribution in [0.2, 0.25) is 0 Å². The maximum Gasteiger partial charge on any atom is 0.320 e. The van der Waals surface area contributed by atoms with Crippen LogP contribution in [-0.4, -0.2) is 59.1 Å². The van der Waals surface area contributed by atoms with Crippen molar-refractivity contribution >= 4 is 22.6 Å². The van der Waals surface area contributed by atoms with E-state index in [0.717, 1.165) is 24.5 Å². The molecule has 134 valence electrons. The van der Waals surface area contributed by atoms with Gasteiger partial charge in [-0.05, 0) is 45.0 Å². The molecule has 2 rings (SSSR count). The molecular formula is C17H26N2O4S. The Bertz CT molecular complexity index is 575. The van der Waals surface area contributed by atoms with Gasteiger partial charge in [-0.25, -0.2) is 8.51 Å². The maximum absolute atomic E-state index is 12.3. The number of ether oxygens (including phenoxy) is 2. The molecule has 24 heavy (non-hydrogen) atoms. The molecule has 1 unspecified atom stereocenters. The van der Waals surface area contributed by atoms with Crippen LogP contribution < -0.4 is 9.64 Å². The van der Waals surface area contributed by atoms with E-state index in [1.165, 1.54) is 0 Å². The van der Waals surface area contributed by atoms with Crippen molar-refractivity contribution in [2.45, 2.75) is 26.4 Å². The summed E-state index contributed by atoms with van der Waals surface area (Å²) in [6.07, 6.45) is 0. The molecule has 0 amide bonds. The molecule has 0 saturated carbocycles. The standard InChI is InChI=1S/C17H26N2O4S/c1-17(2,3)23-16(20)13-24(21)19-11-9-18(10-12-19)14-5-7-15(22-4)8-6-14/h5-8H,9-13H2,1-4H3. The van der Waals surface area contributed by atoms with Crippen LogP contribution in [0.1, 0.15) is 20.8 Å². The van der Waals surface area contributed by atoms with E-state index < -0.39 is 22.6 Å². The van der Waals surface area contributed by atoms with Crippen molar-refractivity contribution in [3.05, 3.63) is 24.3 Å². The van der Waals surface area contributed by atoms with E-state index in [0.29, 0.717) is 13.1 Å². The highest BCUT2D eigenvalue weighted by Crippen LogP contribution is 2.21. The summed E-state index contributed by atoms with van der Waals surface area (Å²) in [5.41, 5.74) is 0.572. The summed E-state index contributed by atoms with van der Waals surface area (Å²) >= 11 is 0. The molecule has 1 atom stereocenters. The number of carbonyl (C=O) groups is 1. The third-order valence-corrected chi connectivity index (χ3v) is 5.05. The average Bonchev–Trinajstić information content (AvgIpc) is 2.53. The molecule has 0 aliphatic carbocycles. The molecule has 7 heteroatoms. The van der Waals surface area contributed by atoms with Gasteiger partial charge < -0.3 is 14.4 Å². The Labute approximate surface area is 146 Å². The second-order valence-electron chi connectivity index (χ2n) is 6.67. The van der Waals surface area contributed by atoms with Gasteiger partial charge in [-0.3, -0.25) is 4.79 Å². The lowest BCUT2D eigenvalue weighted by Gasteiger charge is -2.35. The number of carbonyl (C=O) groups excluding carboxylic acids is 1. The lowest BCUT2D eigenvalue weighted by atomic mass is 10.2. The summed E-state index contributed by atoms with van der Waals surface area (Å²) in [6, 6.07) is 7.91. The summed E-state index contributed by atoms with van der Waals surface area (Å²) in [5, 5.41) is 0. The molecule has 1 heterocycles. The molecule has 1 fully saturated rings. The normalized spacial score (nSPS) is 17.4. The zero-order valence-corrected chi connectivity index (χ0v) is 15.6. The zero-order valence-electron chi connectivity index (χ0n) is 14.8. The highest BCUT2D eigenvalue weighted by molar-refractivity contribution is 7.83. The van der Waals surface area contributed by atoms with E-state index in [-0.39, 0.29) is 5.75 Å². The minimum atomic E-state index is -1.34. The summed E-state index contributed by atoms with van der Waals surface area (Å²) in [5.74, 6) is 0.328. The number of benzene rings is 1. The Morgan fingerprint density at radius 1 is 1.12 bits per heavy atom. The van der Waals surface area contributed by atoms with E-state index >= 15 is 0 Å². The summed E-state index contributed by atoms with van der Waals surface area (Å²) < 4.78 is 24.6. The number of esters is 1. The number of piperazine rings is 1. The van der Waals surface area contributed by atoms with Crippen molar-refractivity contribution in [3.8, 4) is 5.75 Å². The highest BCUT2D eigenvalue weighted by Gasteiger charge is 2.25. The second-order valence-corrected chi connectivity index (χ2v) is 8.11.